The van der Waals surface area contributed by atoms with Crippen molar-refractivity contribution in [1.29, 1.82) is 0 Å². The van der Waals surface area contributed by atoms with Gasteiger partial charge in [-0.05, 0) is 6.92 Å². The van der Waals surface area contributed by atoms with Crippen molar-refractivity contribution in [3.63, 3.8) is 0 Å². The lowest BCUT2D eigenvalue weighted by Crippen LogP contribution is -2.14. The van der Waals surface area contributed by atoms with Crippen molar-refractivity contribution >= 4 is 17.0 Å². The highest BCUT2D eigenvalue weighted by Crippen LogP contribution is 1.92. The zero-order valence-corrected chi connectivity index (χ0v) is 6.14. The fraction of sp³-hybridized carbons (Fsp3) is 0.800. The molecule has 0 aromatic rings. The lowest BCUT2D eigenvalue weighted by Gasteiger charge is -2.06. The number of carbonyl (C=O) groups is 1. The number of hydrogen-bond acceptors (Lipinski definition) is 3. The Labute approximate surface area is 58.9 Å². The van der Waals surface area contributed by atoms with Crippen molar-refractivity contribution < 1.29 is 14.3 Å². The molecular weight excluding hydrogens is 144 g/mol. The summed E-state index contributed by atoms with van der Waals surface area (Å²) in [5, 5.41) is 0. The summed E-state index contributed by atoms with van der Waals surface area (Å²) in [4.78, 5) is 9.95. The molecule has 0 rings (SSSR count). The highest BCUT2D eigenvalue weighted by atomic mass is 35.5. The predicted molar refractivity (Wildman–Crippen MR) is 33.7 cm³/mol. The number of carbonyl (C=O) groups excluding carboxylic acids is 1. The first kappa shape index (κ1) is 8.72. The van der Waals surface area contributed by atoms with Gasteiger partial charge < -0.3 is 9.47 Å². The summed E-state index contributed by atoms with van der Waals surface area (Å²) >= 11 is 4.86. The van der Waals surface area contributed by atoms with Gasteiger partial charge in [-0.25, -0.2) is 4.79 Å². The van der Waals surface area contributed by atoms with Crippen LogP contribution in [0.2, 0.25) is 0 Å². The van der Waals surface area contributed by atoms with Gasteiger partial charge in [0.15, 0.2) is 0 Å². The first-order valence-electron chi connectivity index (χ1n) is 2.52. The van der Waals surface area contributed by atoms with Crippen molar-refractivity contribution in [2.24, 2.45) is 0 Å². The molecule has 0 amide bonds. The molecule has 0 spiro atoms. The zero-order valence-electron chi connectivity index (χ0n) is 5.39. The Balaban J connectivity index is 3.16. The maximum atomic E-state index is 9.95. The molecule has 54 valence electrons. The monoisotopic (exact) mass is 152 g/mol. The molecule has 4 heteroatoms. The second kappa shape index (κ2) is 4.58. The minimum absolute atomic E-state index is 0.0901. The van der Waals surface area contributed by atoms with Crippen LogP contribution in [0.15, 0.2) is 0 Å². The lowest BCUT2D eigenvalue weighted by molar-refractivity contribution is 0.0545. The molecule has 0 saturated heterocycles. The van der Waals surface area contributed by atoms with Gasteiger partial charge in [0.2, 0.25) is 0 Å². The van der Waals surface area contributed by atoms with Crippen molar-refractivity contribution in [3.8, 4) is 0 Å². The van der Waals surface area contributed by atoms with Gasteiger partial charge in [0.25, 0.3) is 0 Å². The topological polar surface area (TPSA) is 35.5 Å². The molecule has 1 atom stereocenters. The maximum Gasteiger partial charge on any atom is 0.403 e. The average Bonchev–Trinajstić information content (AvgIpc) is 1.83. The van der Waals surface area contributed by atoms with Crippen molar-refractivity contribution in [3.05, 3.63) is 0 Å². The molecule has 0 radical (unpaired) electrons. The third kappa shape index (κ3) is 5.59. The second-order valence-corrected chi connectivity index (χ2v) is 1.90. The Kier molecular flexibility index (Phi) is 4.44. The van der Waals surface area contributed by atoms with Crippen LogP contribution < -0.4 is 0 Å². The molecule has 0 saturated carbocycles. The van der Waals surface area contributed by atoms with E-state index in [0.29, 0.717) is 0 Å². The summed E-state index contributed by atoms with van der Waals surface area (Å²) in [5.74, 6) is 0. The largest absolute Gasteiger partial charge is 0.451 e. The molecule has 0 aliphatic carbocycles. The smallest absolute Gasteiger partial charge is 0.403 e. The van der Waals surface area contributed by atoms with Crippen LogP contribution in [0.5, 0.6) is 0 Å². The van der Waals surface area contributed by atoms with Crippen molar-refractivity contribution in [2.75, 3.05) is 13.7 Å². The third-order valence-corrected chi connectivity index (χ3v) is 0.943. The van der Waals surface area contributed by atoms with E-state index in [-0.39, 0.29) is 12.7 Å². The summed E-state index contributed by atoms with van der Waals surface area (Å²) < 4.78 is 9.16. The van der Waals surface area contributed by atoms with Gasteiger partial charge in [-0.3, -0.25) is 0 Å². The summed E-state index contributed by atoms with van der Waals surface area (Å²) in [6.07, 6.45) is -0.0901. The number of hydrogen-bond donors (Lipinski definition) is 0. The Hall–Kier alpha value is -0.280. The average molecular weight is 153 g/mol. The van der Waals surface area contributed by atoms with Gasteiger partial charge in [0.1, 0.15) is 6.61 Å². The first-order chi connectivity index (χ1) is 4.16. The minimum atomic E-state index is -0.793. The van der Waals surface area contributed by atoms with Crippen LogP contribution in [0.3, 0.4) is 0 Å². The molecule has 0 N–H and O–H groups in total. The Bertz CT molecular complexity index is 94.2. The van der Waals surface area contributed by atoms with Crippen LogP contribution in [0.4, 0.5) is 4.79 Å². The maximum absolute atomic E-state index is 9.95. The molecule has 0 heterocycles. The fourth-order valence-electron chi connectivity index (χ4n) is 0.251. The predicted octanol–water partition coefficient (Wildman–Crippen LogP) is 1.40. The SMILES string of the molecule is COC(C)COC(=O)Cl. The van der Waals surface area contributed by atoms with Crippen LogP contribution >= 0.6 is 11.6 Å². The zero-order chi connectivity index (χ0) is 7.28. The Morgan fingerprint density at radius 3 is 2.67 bits per heavy atom. The molecule has 0 aromatic carbocycles. The number of rotatable bonds is 3. The van der Waals surface area contributed by atoms with Gasteiger partial charge in [-0.15, -0.1) is 0 Å². The van der Waals surface area contributed by atoms with Gasteiger partial charge in [0, 0.05) is 18.7 Å². The molecule has 0 bridgehead atoms. The van der Waals surface area contributed by atoms with E-state index in [0.717, 1.165) is 0 Å². The standard InChI is InChI=1S/C5H9ClO3/c1-4(8-2)3-9-5(6)7/h4H,3H2,1-2H3. The highest BCUT2D eigenvalue weighted by molar-refractivity contribution is 6.61. The lowest BCUT2D eigenvalue weighted by atomic mass is 10.4. The first-order valence-corrected chi connectivity index (χ1v) is 2.89. The van der Waals surface area contributed by atoms with E-state index in [2.05, 4.69) is 4.74 Å². The summed E-state index contributed by atoms with van der Waals surface area (Å²) in [7, 11) is 1.53. The number of methoxy groups -OCH3 is 1. The minimum Gasteiger partial charge on any atom is -0.451 e. The molecule has 0 aliphatic rings. The highest BCUT2D eigenvalue weighted by Gasteiger charge is 2.01. The van der Waals surface area contributed by atoms with Gasteiger partial charge in [0.05, 0.1) is 6.10 Å². The molecular formula is C5H9ClO3. The molecule has 9 heavy (non-hydrogen) atoms. The van der Waals surface area contributed by atoms with Crippen LogP contribution in [0.1, 0.15) is 6.92 Å². The van der Waals surface area contributed by atoms with Crippen LogP contribution in [-0.4, -0.2) is 25.2 Å². The Morgan fingerprint density at radius 1 is 1.78 bits per heavy atom. The van der Waals surface area contributed by atoms with Gasteiger partial charge in [-0.1, -0.05) is 0 Å². The van der Waals surface area contributed by atoms with Crippen LogP contribution in [0.25, 0.3) is 0 Å². The van der Waals surface area contributed by atoms with E-state index in [4.69, 9.17) is 16.3 Å². The molecule has 0 fully saturated rings. The quantitative estimate of drug-likeness (QED) is 0.574. The summed E-state index contributed by atoms with van der Waals surface area (Å²) in [5.41, 5.74) is -0.793. The molecule has 0 aromatic heterocycles. The summed E-state index contributed by atoms with van der Waals surface area (Å²) in [6, 6.07) is 0. The second-order valence-electron chi connectivity index (χ2n) is 1.59. The molecule has 0 aliphatic heterocycles. The van der Waals surface area contributed by atoms with Crippen molar-refractivity contribution in [1.82, 2.24) is 0 Å². The molecule has 1 unspecified atom stereocenters. The Morgan fingerprint density at radius 2 is 2.33 bits per heavy atom. The van der Waals surface area contributed by atoms with Gasteiger partial charge >= 0.3 is 5.43 Å². The van der Waals surface area contributed by atoms with Crippen LogP contribution in [-0.2, 0) is 9.47 Å². The van der Waals surface area contributed by atoms with E-state index >= 15 is 0 Å². The fourth-order valence-corrected chi connectivity index (χ4v) is 0.314. The van der Waals surface area contributed by atoms with Gasteiger partial charge in [-0.2, -0.15) is 0 Å². The van der Waals surface area contributed by atoms with E-state index in [9.17, 15) is 4.79 Å². The third-order valence-electron chi connectivity index (χ3n) is 0.834. The van der Waals surface area contributed by atoms with Crippen molar-refractivity contribution in [2.45, 2.75) is 13.0 Å². The molecule has 3 nitrogen and oxygen atoms in total. The van der Waals surface area contributed by atoms with E-state index in [1.807, 2.05) is 0 Å². The van der Waals surface area contributed by atoms with E-state index < -0.39 is 5.43 Å². The van der Waals surface area contributed by atoms with E-state index in [1.54, 1.807) is 6.92 Å². The normalized spacial score (nSPS) is 12.8. The van der Waals surface area contributed by atoms with E-state index in [1.165, 1.54) is 7.11 Å². The summed E-state index contributed by atoms with van der Waals surface area (Å²) in [6.45, 7) is 1.98. The van der Waals surface area contributed by atoms with Crippen LogP contribution in [0, 0.1) is 0 Å². The number of ether oxygens (including phenoxy) is 2. The number of halogens is 1.